The summed E-state index contributed by atoms with van der Waals surface area (Å²) >= 11 is 0. The average Bonchev–Trinajstić information content (AvgIpc) is 2.81. The predicted octanol–water partition coefficient (Wildman–Crippen LogP) is 3.96. The molecule has 0 fully saturated rings. The van der Waals surface area contributed by atoms with Crippen molar-refractivity contribution in [2.75, 3.05) is 54.6 Å². The molecular formula is C27H60ClNO4Si. The van der Waals surface area contributed by atoms with E-state index in [-0.39, 0.29) is 25.6 Å². The first-order chi connectivity index (χ1) is 15.9. The van der Waals surface area contributed by atoms with Crippen LogP contribution in [0.1, 0.15) is 116 Å². The quantitative estimate of drug-likeness (QED) is 0.105. The summed E-state index contributed by atoms with van der Waals surface area (Å²) in [7, 11) is 5.35. The van der Waals surface area contributed by atoms with Crippen LogP contribution in [0, 0.1) is 0 Å². The van der Waals surface area contributed by atoms with Gasteiger partial charge in [0.25, 0.3) is 0 Å². The van der Waals surface area contributed by atoms with E-state index in [1.807, 2.05) is 0 Å². The molecule has 1 N–H and O–H groups in total. The van der Waals surface area contributed by atoms with E-state index in [1.165, 1.54) is 109 Å². The minimum absolute atomic E-state index is 0. The molecule has 5 nitrogen and oxygen atoms in total. The summed E-state index contributed by atoms with van der Waals surface area (Å²) < 4.78 is 17.9. The summed E-state index contributed by atoms with van der Waals surface area (Å²) in [4.78, 5) is 0. The van der Waals surface area contributed by atoms with Gasteiger partial charge in [-0.25, -0.2) is 0 Å². The van der Waals surface area contributed by atoms with Gasteiger partial charge in [-0.05, 0) is 12.8 Å². The number of quaternary nitrogens is 1. The van der Waals surface area contributed by atoms with Crippen molar-refractivity contribution in [2.45, 2.75) is 122 Å². The van der Waals surface area contributed by atoms with Gasteiger partial charge in [0.05, 0.1) is 40.4 Å². The van der Waals surface area contributed by atoms with E-state index in [1.54, 1.807) is 14.2 Å². The van der Waals surface area contributed by atoms with Gasteiger partial charge in [-0.15, -0.1) is 0 Å². The van der Waals surface area contributed by atoms with Crippen molar-refractivity contribution >= 4 is 8.80 Å². The van der Waals surface area contributed by atoms with Crippen LogP contribution >= 0.6 is 0 Å². The van der Waals surface area contributed by atoms with Crippen LogP contribution < -0.4 is 12.4 Å². The molecular weight excluding hydrogens is 466 g/mol. The van der Waals surface area contributed by atoms with Crippen molar-refractivity contribution in [1.82, 2.24) is 0 Å². The van der Waals surface area contributed by atoms with E-state index in [2.05, 4.69) is 21.0 Å². The molecule has 0 aliphatic rings. The second kappa shape index (κ2) is 25.0. The number of hydrogen-bond acceptors (Lipinski definition) is 4. The maximum Gasteiger partial charge on any atom is 0.500 e. The highest BCUT2D eigenvalue weighted by Gasteiger charge is 2.39. The highest BCUT2D eigenvalue weighted by Crippen LogP contribution is 2.18. The molecule has 0 amide bonds. The third kappa shape index (κ3) is 21.6. The monoisotopic (exact) mass is 525 g/mol. The van der Waals surface area contributed by atoms with E-state index in [0.29, 0.717) is 0 Å². The Morgan fingerprint density at radius 1 is 0.618 bits per heavy atom. The van der Waals surface area contributed by atoms with Gasteiger partial charge in [-0.1, -0.05) is 96.8 Å². The predicted molar refractivity (Wildman–Crippen MR) is 144 cm³/mol. The Balaban J connectivity index is 0. The number of aliphatic hydroxyl groups is 1. The van der Waals surface area contributed by atoms with Crippen LogP contribution in [0.3, 0.4) is 0 Å². The van der Waals surface area contributed by atoms with Gasteiger partial charge in [0.2, 0.25) is 0 Å². The first kappa shape index (κ1) is 36.5. The first-order valence-electron chi connectivity index (χ1n) is 14.1. The average molecular weight is 526 g/mol. The third-order valence-corrected chi connectivity index (χ3v) is 9.75. The molecule has 0 heterocycles. The number of unbranched alkanes of at least 4 members (excludes halogenated alkanes) is 15. The molecule has 0 rings (SSSR count). The molecule has 0 saturated carbocycles. The van der Waals surface area contributed by atoms with Gasteiger partial charge >= 0.3 is 8.80 Å². The number of halogens is 1. The summed E-state index contributed by atoms with van der Waals surface area (Å²) in [6.45, 7) is 4.90. The van der Waals surface area contributed by atoms with Crippen LogP contribution in [0.15, 0.2) is 0 Å². The second-order valence-electron chi connectivity index (χ2n) is 10.5. The standard InChI is InChI=1S/C27H60NO4Si.ClH/c1-6-7-8-9-10-11-12-13-14-15-16-17-18-19-20-21-23-28(2,3)24-22-27-33(30-4,31-5)32-26-25-29;/h29H,6-27H2,1-5H3;1H/q+1;/p-1. The maximum atomic E-state index is 9.03. The van der Waals surface area contributed by atoms with Crippen molar-refractivity contribution in [3.8, 4) is 0 Å². The zero-order valence-corrected chi connectivity index (χ0v) is 25.3. The minimum atomic E-state index is -2.61. The Kier molecular flexibility index (Phi) is 26.8. The van der Waals surface area contributed by atoms with E-state index < -0.39 is 8.80 Å². The van der Waals surface area contributed by atoms with Gasteiger partial charge < -0.3 is 35.3 Å². The van der Waals surface area contributed by atoms with Gasteiger partial charge in [0.1, 0.15) is 0 Å². The fourth-order valence-electron chi connectivity index (χ4n) is 4.60. The number of hydrogen-bond donors (Lipinski definition) is 1. The molecule has 208 valence electrons. The Labute approximate surface area is 220 Å². The van der Waals surface area contributed by atoms with E-state index in [0.717, 1.165) is 23.5 Å². The third-order valence-electron chi connectivity index (χ3n) is 6.90. The molecule has 34 heavy (non-hydrogen) atoms. The summed E-state index contributed by atoms with van der Waals surface area (Å²) in [6, 6.07) is 0.806. The SMILES string of the molecule is CCCCCCCCCCCCCCCCCC[N+](C)(C)CCC[Si](OC)(OC)OCCO.[Cl-]. The summed E-state index contributed by atoms with van der Waals surface area (Å²) in [5, 5.41) is 9.03. The highest BCUT2D eigenvalue weighted by atomic mass is 35.5. The van der Waals surface area contributed by atoms with Crippen molar-refractivity contribution in [3.05, 3.63) is 0 Å². The van der Waals surface area contributed by atoms with Gasteiger partial charge in [-0.3, -0.25) is 0 Å². The van der Waals surface area contributed by atoms with Crippen molar-refractivity contribution < 1.29 is 35.3 Å². The second-order valence-corrected chi connectivity index (χ2v) is 13.4. The molecule has 0 aromatic rings. The Hall–Kier alpha value is 0.307. The van der Waals surface area contributed by atoms with Crippen LogP contribution in [-0.2, 0) is 13.3 Å². The molecule has 0 bridgehead atoms. The molecule has 0 aromatic carbocycles. The Morgan fingerprint density at radius 3 is 1.38 bits per heavy atom. The van der Waals surface area contributed by atoms with Crippen molar-refractivity contribution in [2.24, 2.45) is 0 Å². The summed E-state index contributed by atoms with van der Waals surface area (Å²) in [5.41, 5.74) is 0. The minimum Gasteiger partial charge on any atom is -1.00 e. The lowest BCUT2D eigenvalue weighted by atomic mass is 10.0. The van der Waals surface area contributed by atoms with Gasteiger partial charge in [0, 0.05) is 26.7 Å². The fraction of sp³-hybridized carbons (Fsp3) is 1.00. The van der Waals surface area contributed by atoms with E-state index in [4.69, 9.17) is 18.4 Å². The molecule has 0 aromatic heterocycles. The van der Waals surface area contributed by atoms with Crippen LogP contribution in [-0.4, -0.2) is 73.0 Å². The Morgan fingerprint density at radius 2 is 1.00 bits per heavy atom. The highest BCUT2D eigenvalue weighted by molar-refractivity contribution is 6.60. The van der Waals surface area contributed by atoms with Gasteiger partial charge in [0.15, 0.2) is 0 Å². The normalized spacial score (nSPS) is 12.2. The molecule has 0 unspecified atom stereocenters. The van der Waals surface area contributed by atoms with Crippen LogP contribution in [0.2, 0.25) is 6.04 Å². The lowest BCUT2D eigenvalue weighted by Crippen LogP contribution is -3.00. The number of nitrogens with zero attached hydrogens (tertiary/aromatic N) is 1. The summed E-state index contributed by atoms with van der Waals surface area (Å²) in [6.07, 6.45) is 23.7. The zero-order valence-electron chi connectivity index (χ0n) is 23.6. The first-order valence-corrected chi connectivity index (χ1v) is 16.1. The molecule has 0 atom stereocenters. The van der Waals surface area contributed by atoms with Crippen LogP contribution in [0.5, 0.6) is 0 Å². The molecule has 0 radical (unpaired) electrons. The van der Waals surface area contributed by atoms with E-state index >= 15 is 0 Å². The lowest BCUT2D eigenvalue weighted by molar-refractivity contribution is -0.890. The zero-order chi connectivity index (χ0) is 24.7. The van der Waals surface area contributed by atoms with Crippen LogP contribution in [0.4, 0.5) is 0 Å². The molecule has 0 spiro atoms. The molecule has 0 aliphatic heterocycles. The largest absolute Gasteiger partial charge is 1.00 e. The molecule has 0 saturated heterocycles. The number of aliphatic hydroxyl groups excluding tert-OH is 1. The number of rotatable bonds is 26. The van der Waals surface area contributed by atoms with Crippen molar-refractivity contribution in [1.29, 1.82) is 0 Å². The fourth-order valence-corrected chi connectivity index (χ4v) is 6.55. The Bertz CT molecular complexity index is 412. The molecule has 0 aliphatic carbocycles. The summed E-state index contributed by atoms with van der Waals surface area (Å²) in [5.74, 6) is 0. The smallest absolute Gasteiger partial charge is 0.500 e. The lowest BCUT2D eigenvalue weighted by Gasteiger charge is -2.32. The van der Waals surface area contributed by atoms with Crippen LogP contribution in [0.25, 0.3) is 0 Å². The topological polar surface area (TPSA) is 47.9 Å². The van der Waals surface area contributed by atoms with Gasteiger partial charge in [-0.2, -0.15) is 0 Å². The van der Waals surface area contributed by atoms with Crippen molar-refractivity contribution in [3.63, 3.8) is 0 Å². The van der Waals surface area contributed by atoms with E-state index in [9.17, 15) is 0 Å². The molecule has 7 heteroatoms. The maximum absolute atomic E-state index is 9.03.